The van der Waals surface area contributed by atoms with Crippen molar-refractivity contribution in [2.75, 3.05) is 26.7 Å². The van der Waals surface area contributed by atoms with Crippen molar-refractivity contribution in [1.29, 1.82) is 0 Å². The SMILES string of the molecule is CC(=O)c1ccc(OCC(=O)NCCCN(C)Cc2ccccc2)cc1. The number of nitrogens with one attached hydrogen (secondary N) is 1. The van der Waals surface area contributed by atoms with E-state index in [2.05, 4.69) is 29.4 Å². The Hall–Kier alpha value is -2.66. The molecule has 0 aromatic heterocycles. The van der Waals surface area contributed by atoms with E-state index in [1.807, 2.05) is 18.2 Å². The molecule has 0 radical (unpaired) electrons. The Morgan fingerprint density at radius 1 is 1.04 bits per heavy atom. The molecule has 0 aliphatic rings. The zero-order valence-electron chi connectivity index (χ0n) is 15.4. The number of nitrogens with zero attached hydrogens (tertiary/aromatic N) is 1. The molecule has 1 amide bonds. The molecule has 0 heterocycles. The Kier molecular flexibility index (Phi) is 7.83. The van der Waals surface area contributed by atoms with E-state index in [0.717, 1.165) is 19.5 Å². The van der Waals surface area contributed by atoms with Crippen molar-refractivity contribution < 1.29 is 14.3 Å². The lowest BCUT2D eigenvalue weighted by atomic mass is 10.1. The summed E-state index contributed by atoms with van der Waals surface area (Å²) in [6, 6.07) is 17.1. The predicted octanol–water partition coefficient (Wildman–Crippen LogP) is 2.91. The van der Waals surface area contributed by atoms with E-state index < -0.39 is 0 Å². The first kappa shape index (κ1) is 19.7. The molecule has 0 aliphatic carbocycles. The molecule has 0 spiro atoms. The summed E-state index contributed by atoms with van der Waals surface area (Å²) in [5, 5.41) is 2.86. The fourth-order valence-corrected chi connectivity index (χ4v) is 2.54. The number of amides is 1. The monoisotopic (exact) mass is 354 g/mol. The van der Waals surface area contributed by atoms with Gasteiger partial charge in [0.1, 0.15) is 5.75 Å². The Bertz CT molecular complexity index is 699. The van der Waals surface area contributed by atoms with Gasteiger partial charge in [0, 0.05) is 18.7 Å². The zero-order valence-corrected chi connectivity index (χ0v) is 15.4. The van der Waals surface area contributed by atoms with Crippen molar-refractivity contribution in [3.63, 3.8) is 0 Å². The van der Waals surface area contributed by atoms with E-state index in [-0.39, 0.29) is 18.3 Å². The van der Waals surface area contributed by atoms with Crippen LogP contribution in [0.4, 0.5) is 0 Å². The van der Waals surface area contributed by atoms with Gasteiger partial charge in [-0.15, -0.1) is 0 Å². The highest BCUT2D eigenvalue weighted by Gasteiger charge is 2.05. The summed E-state index contributed by atoms with van der Waals surface area (Å²) in [7, 11) is 2.07. The molecule has 0 atom stereocenters. The van der Waals surface area contributed by atoms with Gasteiger partial charge in [-0.2, -0.15) is 0 Å². The van der Waals surface area contributed by atoms with E-state index >= 15 is 0 Å². The lowest BCUT2D eigenvalue weighted by Crippen LogP contribution is -2.31. The van der Waals surface area contributed by atoms with Gasteiger partial charge < -0.3 is 15.0 Å². The molecule has 26 heavy (non-hydrogen) atoms. The lowest BCUT2D eigenvalue weighted by molar-refractivity contribution is -0.123. The topological polar surface area (TPSA) is 58.6 Å². The molecule has 5 heteroatoms. The summed E-state index contributed by atoms with van der Waals surface area (Å²) in [6.45, 7) is 3.90. The highest BCUT2D eigenvalue weighted by atomic mass is 16.5. The first-order valence-electron chi connectivity index (χ1n) is 8.77. The second-order valence-electron chi connectivity index (χ2n) is 6.30. The molecule has 0 saturated carbocycles. The summed E-state index contributed by atoms with van der Waals surface area (Å²) >= 11 is 0. The number of carbonyl (C=O) groups excluding carboxylic acids is 2. The van der Waals surface area contributed by atoms with Crippen molar-refractivity contribution in [2.45, 2.75) is 19.9 Å². The Morgan fingerprint density at radius 2 is 1.73 bits per heavy atom. The molecule has 0 aliphatic heterocycles. The standard InChI is InChI=1S/C21H26N2O3/c1-17(24)19-9-11-20(12-10-19)26-16-21(25)22-13-6-14-23(2)15-18-7-4-3-5-8-18/h3-5,7-12H,6,13-16H2,1-2H3,(H,22,25). The Balaban J connectivity index is 1.59. The number of hydrogen-bond donors (Lipinski definition) is 1. The smallest absolute Gasteiger partial charge is 0.257 e. The van der Waals surface area contributed by atoms with Crippen molar-refractivity contribution in [3.05, 3.63) is 65.7 Å². The summed E-state index contributed by atoms with van der Waals surface area (Å²) < 4.78 is 5.43. The van der Waals surface area contributed by atoms with Gasteiger partial charge in [0.15, 0.2) is 12.4 Å². The third-order valence-electron chi connectivity index (χ3n) is 3.96. The molecule has 2 aromatic carbocycles. The fourth-order valence-electron chi connectivity index (χ4n) is 2.54. The van der Waals surface area contributed by atoms with Gasteiger partial charge in [0.2, 0.25) is 0 Å². The minimum absolute atomic E-state index is 0.00604. The molecule has 2 rings (SSSR count). The molecule has 2 aromatic rings. The third kappa shape index (κ3) is 7.07. The van der Waals surface area contributed by atoms with Crippen LogP contribution in [0.15, 0.2) is 54.6 Å². The molecular formula is C21H26N2O3. The third-order valence-corrected chi connectivity index (χ3v) is 3.96. The number of carbonyl (C=O) groups is 2. The van der Waals surface area contributed by atoms with Gasteiger partial charge in [0.05, 0.1) is 0 Å². The van der Waals surface area contributed by atoms with Gasteiger partial charge in [-0.25, -0.2) is 0 Å². The fraction of sp³-hybridized carbons (Fsp3) is 0.333. The highest BCUT2D eigenvalue weighted by Crippen LogP contribution is 2.12. The first-order chi connectivity index (χ1) is 12.5. The maximum absolute atomic E-state index is 11.8. The van der Waals surface area contributed by atoms with Crippen molar-refractivity contribution >= 4 is 11.7 Å². The van der Waals surface area contributed by atoms with E-state index in [9.17, 15) is 9.59 Å². The summed E-state index contributed by atoms with van der Waals surface area (Å²) in [5.74, 6) is 0.436. The van der Waals surface area contributed by atoms with Gasteiger partial charge in [-0.3, -0.25) is 9.59 Å². The summed E-state index contributed by atoms with van der Waals surface area (Å²) in [4.78, 5) is 25.3. The van der Waals surface area contributed by atoms with E-state index in [1.54, 1.807) is 24.3 Å². The van der Waals surface area contributed by atoms with Crippen molar-refractivity contribution in [1.82, 2.24) is 10.2 Å². The molecule has 1 N–H and O–H groups in total. The maximum atomic E-state index is 11.8. The minimum atomic E-state index is -0.147. The largest absolute Gasteiger partial charge is 0.484 e. The van der Waals surface area contributed by atoms with Crippen LogP contribution in [0.1, 0.15) is 29.3 Å². The molecule has 5 nitrogen and oxygen atoms in total. The second kappa shape index (κ2) is 10.4. The van der Waals surface area contributed by atoms with E-state index in [0.29, 0.717) is 17.9 Å². The van der Waals surface area contributed by atoms with E-state index in [1.165, 1.54) is 12.5 Å². The molecule has 0 fully saturated rings. The zero-order chi connectivity index (χ0) is 18.8. The van der Waals surface area contributed by atoms with Crippen LogP contribution in [0.25, 0.3) is 0 Å². The molecule has 0 saturated heterocycles. The average Bonchev–Trinajstić information content (AvgIpc) is 2.64. The van der Waals surface area contributed by atoms with Crippen LogP contribution in [-0.2, 0) is 11.3 Å². The quantitative estimate of drug-likeness (QED) is 0.526. The molecule has 0 unspecified atom stereocenters. The number of rotatable bonds is 10. The van der Waals surface area contributed by atoms with Crippen molar-refractivity contribution in [3.8, 4) is 5.75 Å². The second-order valence-corrected chi connectivity index (χ2v) is 6.30. The molecule has 0 bridgehead atoms. The van der Waals surface area contributed by atoms with Gasteiger partial charge in [-0.05, 0) is 56.8 Å². The van der Waals surface area contributed by atoms with Crippen LogP contribution in [0.5, 0.6) is 5.75 Å². The van der Waals surface area contributed by atoms with Gasteiger partial charge >= 0.3 is 0 Å². The van der Waals surface area contributed by atoms with Crippen LogP contribution in [0.3, 0.4) is 0 Å². The van der Waals surface area contributed by atoms with Crippen molar-refractivity contribution in [2.24, 2.45) is 0 Å². The predicted molar refractivity (Wildman–Crippen MR) is 102 cm³/mol. The minimum Gasteiger partial charge on any atom is -0.484 e. The first-order valence-corrected chi connectivity index (χ1v) is 8.77. The van der Waals surface area contributed by atoms with Crippen LogP contribution in [0.2, 0.25) is 0 Å². The molecule has 138 valence electrons. The molecular weight excluding hydrogens is 328 g/mol. The van der Waals surface area contributed by atoms with Gasteiger partial charge in [0.25, 0.3) is 5.91 Å². The Labute approximate surface area is 155 Å². The van der Waals surface area contributed by atoms with Crippen LogP contribution < -0.4 is 10.1 Å². The number of Topliss-reactive ketones (excluding diaryl/α,β-unsaturated/α-hetero) is 1. The number of hydrogen-bond acceptors (Lipinski definition) is 4. The maximum Gasteiger partial charge on any atom is 0.257 e. The van der Waals surface area contributed by atoms with Crippen LogP contribution in [-0.4, -0.2) is 43.3 Å². The average molecular weight is 354 g/mol. The normalized spacial score (nSPS) is 10.6. The van der Waals surface area contributed by atoms with Crippen LogP contribution >= 0.6 is 0 Å². The van der Waals surface area contributed by atoms with Crippen LogP contribution in [0, 0.1) is 0 Å². The Morgan fingerprint density at radius 3 is 2.38 bits per heavy atom. The number of ether oxygens (including phenoxy) is 1. The summed E-state index contributed by atoms with van der Waals surface area (Å²) in [6.07, 6.45) is 0.877. The number of ketones is 1. The number of benzene rings is 2. The van der Waals surface area contributed by atoms with E-state index in [4.69, 9.17) is 4.74 Å². The summed E-state index contributed by atoms with van der Waals surface area (Å²) in [5.41, 5.74) is 1.91. The highest BCUT2D eigenvalue weighted by molar-refractivity contribution is 5.94. The lowest BCUT2D eigenvalue weighted by Gasteiger charge is -2.16. The van der Waals surface area contributed by atoms with Gasteiger partial charge in [-0.1, -0.05) is 30.3 Å².